The molecule has 0 bridgehead atoms. The molecule has 0 aromatic heterocycles. The largest absolute Gasteiger partial charge is 0.336 e. The van der Waals surface area contributed by atoms with Gasteiger partial charge >= 0.3 is 0 Å². The van der Waals surface area contributed by atoms with E-state index in [0.717, 1.165) is 12.1 Å². The summed E-state index contributed by atoms with van der Waals surface area (Å²) in [5.74, 6) is -2.71. The van der Waals surface area contributed by atoms with Gasteiger partial charge in [-0.25, -0.2) is 17.2 Å². The minimum Gasteiger partial charge on any atom is -0.336 e. The number of nitriles is 1. The van der Waals surface area contributed by atoms with Crippen molar-refractivity contribution in [3.05, 3.63) is 65.2 Å². The van der Waals surface area contributed by atoms with Gasteiger partial charge in [-0.2, -0.15) is 9.57 Å². The van der Waals surface area contributed by atoms with Crippen LogP contribution in [0.5, 0.6) is 0 Å². The molecule has 1 amide bonds. The van der Waals surface area contributed by atoms with Crippen LogP contribution in [0.25, 0.3) is 0 Å². The van der Waals surface area contributed by atoms with Crippen LogP contribution in [-0.2, 0) is 10.0 Å². The SMILES string of the molecule is N#Cc1ccc(S(=O)(=O)N2CCN(C(=O)c3c(F)cccc3F)CC2)cc1. The second kappa shape index (κ2) is 7.42. The van der Waals surface area contributed by atoms with Crippen LogP contribution in [0.4, 0.5) is 8.78 Å². The third-order valence-electron chi connectivity index (χ3n) is 4.32. The molecule has 0 aliphatic carbocycles. The highest BCUT2D eigenvalue weighted by Gasteiger charge is 2.32. The first-order chi connectivity index (χ1) is 12.8. The van der Waals surface area contributed by atoms with Gasteiger partial charge in [0.15, 0.2) is 0 Å². The molecule has 3 rings (SSSR count). The van der Waals surface area contributed by atoms with Crippen LogP contribution in [0.1, 0.15) is 15.9 Å². The van der Waals surface area contributed by atoms with Crippen molar-refractivity contribution in [1.82, 2.24) is 9.21 Å². The van der Waals surface area contributed by atoms with Crippen LogP contribution < -0.4 is 0 Å². The van der Waals surface area contributed by atoms with Crippen LogP contribution >= 0.6 is 0 Å². The zero-order chi connectivity index (χ0) is 19.6. The fourth-order valence-electron chi connectivity index (χ4n) is 2.84. The standard InChI is InChI=1S/C18H15F2N3O3S/c19-15-2-1-3-16(20)17(15)18(24)22-8-10-23(11-9-22)27(25,26)14-6-4-13(12-21)5-7-14/h1-7H,8-11H2. The second-order valence-electron chi connectivity index (χ2n) is 5.93. The fourth-order valence-corrected chi connectivity index (χ4v) is 4.26. The third-order valence-corrected chi connectivity index (χ3v) is 6.24. The molecule has 0 radical (unpaired) electrons. The van der Waals surface area contributed by atoms with Crippen LogP contribution in [0, 0.1) is 23.0 Å². The molecule has 140 valence electrons. The Hall–Kier alpha value is -2.83. The highest BCUT2D eigenvalue weighted by atomic mass is 32.2. The Morgan fingerprint density at radius 1 is 0.963 bits per heavy atom. The van der Waals surface area contributed by atoms with E-state index in [0.29, 0.717) is 5.56 Å². The number of amides is 1. The van der Waals surface area contributed by atoms with Gasteiger partial charge in [-0.15, -0.1) is 0 Å². The number of hydrogen-bond donors (Lipinski definition) is 0. The third kappa shape index (κ3) is 3.67. The minimum absolute atomic E-state index is 0.00411. The average Bonchev–Trinajstić information content (AvgIpc) is 2.68. The summed E-state index contributed by atoms with van der Waals surface area (Å²) >= 11 is 0. The van der Waals surface area contributed by atoms with Crippen LogP contribution in [0.15, 0.2) is 47.4 Å². The van der Waals surface area contributed by atoms with Gasteiger partial charge in [0.2, 0.25) is 10.0 Å². The number of piperazine rings is 1. The summed E-state index contributed by atoms with van der Waals surface area (Å²) in [7, 11) is -3.78. The van der Waals surface area contributed by atoms with Crippen molar-refractivity contribution in [2.75, 3.05) is 26.2 Å². The van der Waals surface area contributed by atoms with Crippen molar-refractivity contribution < 1.29 is 22.0 Å². The van der Waals surface area contributed by atoms with Gasteiger partial charge in [0.1, 0.15) is 17.2 Å². The molecule has 0 unspecified atom stereocenters. The molecule has 0 spiro atoms. The molecule has 0 atom stereocenters. The van der Waals surface area contributed by atoms with E-state index in [2.05, 4.69) is 0 Å². The van der Waals surface area contributed by atoms with Crippen LogP contribution in [0.2, 0.25) is 0 Å². The molecule has 1 heterocycles. The van der Waals surface area contributed by atoms with Crippen molar-refractivity contribution >= 4 is 15.9 Å². The smallest absolute Gasteiger partial charge is 0.259 e. The summed E-state index contributed by atoms with van der Waals surface area (Å²) in [6.45, 7) is 0.0402. The monoisotopic (exact) mass is 391 g/mol. The maximum absolute atomic E-state index is 13.8. The maximum atomic E-state index is 13.8. The topological polar surface area (TPSA) is 81.5 Å². The van der Waals surface area contributed by atoms with Gasteiger partial charge in [0.25, 0.3) is 5.91 Å². The highest BCUT2D eigenvalue weighted by molar-refractivity contribution is 7.89. The molecular formula is C18H15F2N3O3S. The number of hydrogen-bond acceptors (Lipinski definition) is 4. The summed E-state index contributed by atoms with van der Waals surface area (Å²) in [4.78, 5) is 13.7. The molecule has 27 heavy (non-hydrogen) atoms. The zero-order valence-corrected chi connectivity index (χ0v) is 14.9. The summed E-state index contributed by atoms with van der Waals surface area (Å²) in [6, 6.07) is 10.6. The first kappa shape index (κ1) is 18.9. The van der Waals surface area contributed by atoms with E-state index in [1.165, 1.54) is 39.5 Å². The van der Waals surface area contributed by atoms with Crippen LogP contribution in [-0.4, -0.2) is 49.7 Å². The van der Waals surface area contributed by atoms with Gasteiger partial charge in [0.05, 0.1) is 16.5 Å². The molecule has 1 aliphatic heterocycles. The Kier molecular flexibility index (Phi) is 5.21. The van der Waals surface area contributed by atoms with Crippen molar-refractivity contribution in [1.29, 1.82) is 5.26 Å². The lowest BCUT2D eigenvalue weighted by atomic mass is 10.1. The van der Waals surface area contributed by atoms with Gasteiger partial charge < -0.3 is 4.90 Å². The van der Waals surface area contributed by atoms with Crippen molar-refractivity contribution in [3.63, 3.8) is 0 Å². The molecular weight excluding hydrogens is 376 g/mol. The normalized spacial score (nSPS) is 15.4. The quantitative estimate of drug-likeness (QED) is 0.801. The summed E-state index contributed by atoms with van der Waals surface area (Å²) in [6.07, 6.45) is 0. The second-order valence-corrected chi connectivity index (χ2v) is 7.87. The van der Waals surface area contributed by atoms with Crippen molar-refractivity contribution in [2.45, 2.75) is 4.90 Å². The Morgan fingerprint density at radius 2 is 1.52 bits per heavy atom. The number of halogens is 2. The van der Waals surface area contributed by atoms with E-state index in [1.807, 2.05) is 6.07 Å². The number of carbonyl (C=O) groups excluding carboxylic acids is 1. The summed E-state index contributed by atoms with van der Waals surface area (Å²) in [5, 5.41) is 8.79. The Balaban J connectivity index is 1.73. The first-order valence-corrected chi connectivity index (χ1v) is 9.52. The predicted octanol–water partition coefficient (Wildman–Crippen LogP) is 1.98. The molecule has 1 saturated heterocycles. The molecule has 0 N–H and O–H groups in total. The molecule has 2 aromatic rings. The van der Waals surface area contributed by atoms with E-state index in [-0.39, 0.29) is 31.1 Å². The van der Waals surface area contributed by atoms with E-state index in [9.17, 15) is 22.0 Å². The number of benzene rings is 2. The Bertz CT molecular complexity index is 989. The van der Waals surface area contributed by atoms with Gasteiger partial charge in [-0.05, 0) is 36.4 Å². The lowest BCUT2D eigenvalue weighted by Crippen LogP contribution is -2.50. The fraction of sp³-hybridized carbons (Fsp3) is 0.222. The van der Waals surface area contributed by atoms with Gasteiger partial charge in [-0.3, -0.25) is 4.79 Å². The lowest BCUT2D eigenvalue weighted by Gasteiger charge is -2.34. The highest BCUT2D eigenvalue weighted by Crippen LogP contribution is 2.20. The molecule has 1 aliphatic rings. The number of carbonyl (C=O) groups is 1. The van der Waals surface area contributed by atoms with Crippen molar-refractivity contribution in [3.8, 4) is 6.07 Å². The van der Waals surface area contributed by atoms with Gasteiger partial charge in [0, 0.05) is 26.2 Å². The summed E-state index contributed by atoms with van der Waals surface area (Å²) in [5.41, 5.74) is -0.294. The number of sulfonamides is 1. The zero-order valence-electron chi connectivity index (χ0n) is 14.1. The van der Waals surface area contributed by atoms with E-state index < -0.39 is 33.1 Å². The first-order valence-electron chi connectivity index (χ1n) is 8.08. The van der Waals surface area contributed by atoms with Crippen LogP contribution in [0.3, 0.4) is 0 Å². The molecule has 6 nitrogen and oxygen atoms in total. The number of nitrogens with zero attached hydrogens (tertiary/aromatic N) is 3. The minimum atomic E-state index is -3.78. The summed E-state index contributed by atoms with van der Waals surface area (Å²) < 4.78 is 54.1. The Morgan fingerprint density at radius 3 is 2.04 bits per heavy atom. The Labute approximate surface area is 155 Å². The predicted molar refractivity (Wildman–Crippen MR) is 92.2 cm³/mol. The molecule has 0 saturated carbocycles. The molecule has 1 fully saturated rings. The molecule has 9 heteroatoms. The van der Waals surface area contributed by atoms with Gasteiger partial charge in [-0.1, -0.05) is 6.07 Å². The van der Waals surface area contributed by atoms with Crippen molar-refractivity contribution in [2.24, 2.45) is 0 Å². The number of rotatable bonds is 3. The average molecular weight is 391 g/mol. The van der Waals surface area contributed by atoms with E-state index >= 15 is 0 Å². The van der Waals surface area contributed by atoms with E-state index in [1.54, 1.807) is 0 Å². The molecule has 2 aromatic carbocycles. The lowest BCUT2D eigenvalue weighted by molar-refractivity contribution is 0.0688. The maximum Gasteiger partial charge on any atom is 0.259 e. The van der Waals surface area contributed by atoms with E-state index in [4.69, 9.17) is 5.26 Å².